The molecule has 100 valence electrons. The van der Waals surface area contributed by atoms with Crippen LogP contribution in [0.5, 0.6) is 0 Å². The first kappa shape index (κ1) is 14.7. The number of benzene rings is 1. The van der Waals surface area contributed by atoms with Crippen LogP contribution in [0.25, 0.3) is 0 Å². The fourth-order valence-electron chi connectivity index (χ4n) is 1.29. The van der Waals surface area contributed by atoms with Crippen molar-refractivity contribution in [2.24, 2.45) is 5.41 Å². The predicted molar refractivity (Wildman–Crippen MR) is 70.6 cm³/mol. The molecular formula is C12H16ClFN2O2. The third-order valence-electron chi connectivity index (χ3n) is 2.95. The molecule has 0 aliphatic carbocycles. The average molecular weight is 275 g/mol. The Morgan fingerprint density at radius 2 is 2.11 bits per heavy atom. The van der Waals surface area contributed by atoms with E-state index < -0.39 is 10.7 Å². The maximum atomic E-state index is 13.2. The lowest BCUT2D eigenvalue weighted by atomic mass is 9.90. The van der Waals surface area contributed by atoms with E-state index in [1.807, 2.05) is 20.8 Å². The lowest BCUT2D eigenvalue weighted by Gasteiger charge is -2.23. The molecular weight excluding hydrogens is 259 g/mol. The van der Waals surface area contributed by atoms with Gasteiger partial charge in [-0.05, 0) is 17.9 Å². The second-order valence-corrected chi connectivity index (χ2v) is 5.32. The van der Waals surface area contributed by atoms with Crippen LogP contribution in [-0.4, -0.2) is 11.5 Å². The van der Waals surface area contributed by atoms with Gasteiger partial charge in [-0.3, -0.25) is 10.1 Å². The van der Waals surface area contributed by atoms with Gasteiger partial charge in [0.25, 0.3) is 5.69 Å². The third-order valence-corrected chi connectivity index (χ3v) is 3.24. The molecule has 0 saturated carbocycles. The Morgan fingerprint density at radius 1 is 1.50 bits per heavy atom. The molecule has 0 bridgehead atoms. The lowest BCUT2D eigenvalue weighted by molar-refractivity contribution is -0.384. The van der Waals surface area contributed by atoms with E-state index in [1.54, 1.807) is 0 Å². The number of hydrogen-bond acceptors (Lipinski definition) is 3. The number of nitrogens with one attached hydrogen (secondary N) is 1. The fourth-order valence-corrected chi connectivity index (χ4v) is 1.45. The summed E-state index contributed by atoms with van der Waals surface area (Å²) >= 11 is 5.64. The van der Waals surface area contributed by atoms with Gasteiger partial charge in [0, 0.05) is 6.54 Å². The molecule has 6 heteroatoms. The Morgan fingerprint density at radius 3 is 2.61 bits per heavy atom. The van der Waals surface area contributed by atoms with Crippen LogP contribution in [0, 0.1) is 21.3 Å². The molecule has 4 nitrogen and oxygen atoms in total. The first-order chi connectivity index (χ1) is 8.26. The number of rotatable bonds is 5. The largest absolute Gasteiger partial charge is 0.379 e. The minimum absolute atomic E-state index is 0.00523. The van der Waals surface area contributed by atoms with Crippen LogP contribution in [0.15, 0.2) is 12.1 Å². The molecule has 0 spiro atoms. The van der Waals surface area contributed by atoms with Crippen molar-refractivity contribution >= 4 is 23.0 Å². The molecule has 0 atom stereocenters. The van der Waals surface area contributed by atoms with Crippen molar-refractivity contribution < 1.29 is 9.31 Å². The van der Waals surface area contributed by atoms with E-state index in [2.05, 4.69) is 5.32 Å². The normalized spacial score (nSPS) is 11.4. The molecule has 0 amide bonds. The van der Waals surface area contributed by atoms with Gasteiger partial charge in [0.05, 0.1) is 16.0 Å². The van der Waals surface area contributed by atoms with Gasteiger partial charge in [-0.25, -0.2) is 4.39 Å². The van der Waals surface area contributed by atoms with Crippen LogP contribution in [0.1, 0.15) is 27.2 Å². The molecule has 0 heterocycles. The van der Waals surface area contributed by atoms with Crippen LogP contribution in [0.3, 0.4) is 0 Å². The molecule has 1 rings (SSSR count). The van der Waals surface area contributed by atoms with Crippen molar-refractivity contribution in [1.29, 1.82) is 0 Å². The highest BCUT2D eigenvalue weighted by Gasteiger charge is 2.20. The molecule has 0 unspecified atom stereocenters. The molecule has 0 saturated heterocycles. The number of nitrogens with zero attached hydrogens (tertiary/aromatic N) is 1. The van der Waals surface area contributed by atoms with Crippen molar-refractivity contribution in [3.05, 3.63) is 33.1 Å². The van der Waals surface area contributed by atoms with Gasteiger partial charge in [0.2, 0.25) is 0 Å². The first-order valence-electron chi connectivity index (χ1n) is 5.64. The highest BCUT2D eigenvalue weighted by atomic mass is 35.5. The Labute approximate surface area is 110 Å². The molecule has 0 aliphatic heterocycles. The standard InChI is InChI=1S/C12H16ClFN2O2/c1-4-12(2,3)7-15-10-5-8(13)9(14)6-11(10)16(17)18/h5-6,15H,4,7H2,1-3H3. The van der Waals surface area contributed by atoms with Crippen LogP contribution in [0.4, 0.5) is 15.8 Å². The van der Waals surface area contributed by atoms with Crippen molar-refractivity contribution in [2.75, 3.05) is 11.9 Å². The minimum atomic E-state index is -0.788. The van der Waals surface area contributed by atoms with Crippen molar-refractivity contribution in [1.82, 2.24) is 0 Å². The Hall–Kier alpha value is -1.36. The van der Waals surface area contributed by atoms with E-state index in [0.29, 0.717) is 6.54 Å². The summed E-state index contributed by atoms with van der Waals surface area (Å²) in [6, 6.07) is 2.09. The van der Waals surface area contributed by atoms with E-state index in [1.165, 1.54) is 6.07 Å². The zero-order chi connectivity index (χ0) is 13.9. The maximum absolute atomic E-state index is 13.2. The van der Waals surface area contributed by atoms with Gasteiger partial charge in [0.1, 0.15) is 11.5 Å². The van der Waals surface area contributed by atoms with Crippen LogP contribution >= 0.6 is 11.6 Å². The highest BCUT2D eigenvalue weighted by Crippen LogP contribution is 2.31. The summed E-state index contributed by atoms with van der Waals surface area (Å²) in [5.74, 6) is -0.788. The van der Waals surface area contributed by atoms with Crippen molar-refractivity contribution in [3.63, 3.8) is 0 Å². The Kier molecular flexibility index (Phi) is 4.51. The molecule has 0 aromatic heterocycles. The topological polar surface area (TPSA) is 55.2 Å². The van der Waals surface area contributed by atoms with Gasteiger partial charge in [-0.15, -0.1) is 0 Å². The van der Waals surface area contributed by atoms with E-state index in [-0.39, 0.29) is 21.8 Å². The predicted octanol–water partition coefficient (Wildman–Crippen LogP) is 4.24. The Bertz CT molecular complexity index is 464. The summed E-state index contributed by atoms with van der Waals surface area (Å²) in [4.78, 5) is 10.2. The van der Waals surface area contributed by atoms with E-state index in [9.17, 15) is 14.5 Å². The van der Waals surface area contributed by atoms with Crippen molar-refractivity contribution in [2.45, 2.75) is 27.2 Å². The summed E-state index contributed by atoms with van der Waals surface area (Å²) < 4.78 is 13.2. The van der Waals surface area contributed by atoms with Crippen LogP contribution in [0.2, 0.25) is 5.02 Å². The number of anilines is 1. The summed E-state index contributed by atoms with van der Waals surface area (Å²) in [6.45, 7) is 6.66. The smallest absolute Gasteiger partial charge is 0.295 e. The highest BCUT2D eigenvalue weighted by molar-refractivity contribution is 6.31. The number of hydrogen-bond donors (Lipinski definition) is 1. The third kappa shape index (κ3) is 3.57. The summed E-state index contributed by atoms with van der Waals surface area (Å²) in [5.41, 5.74) is -0.0638. The molecule has 1 aromatic rings. The van der Waals surface area contributed by atoms with E-state index >= 15 is 0 Å². The molecule has 0 radical (unpaired) electrons. The lowest BCUT2D eigenvalue weighted by Crippen LogP contribution is -2.22. The average Bonchev–Trinajstić information content (AvgIpc) is 2.30. The van der Waals surface area contributed by atoms with Crippen molar-refractivity contribution in [3.8, 4) is 0 Å². The maximum Gasteiger partial charge on any atom is 0.295 e. The minimum Gasteiger partial charge on any atom is -0.379 e. The molecule has 1 aromatic carbocycles. The fraction of sp³-hybridized carbons (Fsp3) is 0.500. The SMILES string of the molecule is CCC(C)(C)CNc1cc(Cl)c(F)cc1[N+](=O)[O-]. The summed E-state index contributed by atoms with van der Waals surface area (Å²) in [5, 5.41) is 13.7. The Balaban J connectivity index is 3.01. The second-order valence-electron chi connectivity index (χ2n) is 4.91. The first-order valence-corrected chi connectivity index (χ1v) is 6.02. The van der Waals surface area contributed by atoms with Crippen LogP contribution < -0.4 is 5.32 Å². The van der Waals surface area contributed by atoms with Gasteiger partial charge in [-0.2, -0.15) is 0 Å². The van der Waals surface area contributed by atoms with Gasteiger partial charge in [0.15, 0.2) is 0 Å². The zero-order valence-electron chi connectivity index (χ0n) is 10.6. The van der Waals surface area contributed by atoms with Gasteiger partial charge in [-0.1, -0.05) is 32.4 Å². The number of nitro groups is 1. The zero-order valence-corrected chi connectivity index (χ0v) is 11.3. The van der Waals surface area contributed by atoms with Gasteiger partial charge >= 0.3 is 0 Å². The molecule has 18 heavy (non-hydrogen) atoms. The van der Waals surface area contributed by atoms with Gasteiger partial charge < -0.3 is 5.32 Å². The summed E-state index contributed by atoms with van der Waals surface area (Å²) in [6.07, 6.45) is 0.919. The van der Waals surface area contributed by atoms with Crippen LogP contribution in [-0.2, 0) is 0 Å². The van der Waals surface area contributed by atoms with E-state index in [4.69, 9.17) is 11.6 Å². The number of halogens is 2. The van der Waals surface area contributed by atoms with E-state index in [0.717, 1.165) is 12.5 Å². The number of nitro benzene ring substituents is 1. The monoisotopic (exact) mass is 274 g/mol. The quantitative estimate of drug-likeness (QED) is 0.645. The molecule has 0 aliphatic rings. The summed E-state index contributed by atoms with van der Waals surface area (Å²) in [7, 11) is 0. The second kappa shape index (κ2) is 5.52. The molecule has 1 N–H and O–H groups in total. The molecule has 0 fully saturated rings.